The van der Waals surface area contributed by atoms with Crippen molar-refractivity contribution in [3.05, 3.63) is 29.8 Å². The van der Waals surface area contributed by atoms with Crippen LogP contribution in [0.3, 0.4) is 0 Å². The van der Waals surface area contributed by atoms with Crippen molar-refractivity contribution in [1.29, 1.82) is 0 Å². The Morgan fingerprint density at radius 3 is 2.65 bits per heavy atom. The molecule has 1 aromatic rings. The molecule has 0 aromatic heterocycles. The summed E-state index contributed by atoms with van der Waals surface area (Å²) in [4.78, 5) is 0.370. The summed E-state index contributed by atoms with van der Waals surface area (Å²) in [7, 11) is -3.16. The normalized spacial score (nSPS) is 25.4. The van der Waals surface area contributed by atoms with Crippen molar-refractivity contribution in [2.75, 3.05) is 6.26 Å². The van der Waals surface area contributed by atoms with Gasteiger partial charge in [-0.2, -0.15) is 0 Å². The highest BCUT2D eigenvalue weighted by molar-refractivity contribution is 7.90. The molecule has 1 aliphatic rings. The maximum absolute atomic E-state index is 11.7. The molecule has 0 saturated heterocycles. The van der Waals surface area contributed by atoms with E-state index in [1.165, 1.54) is 25.5 Å². The first-order chi connectivity index (χ1) is 9.43. The molecule has 1 aromatic carbocycles. The maximum atomic E-state index is 11.7. The molecule has 0 heterocycles. The Bertz CT molecular complexity index is 553. The van der Waals surface area contributed by atoms with Gasteiger partial charge in [-0.05, 0) is 36.0 Å². The zero-order valence-corrected chi connectivity index (χ0v) is 13.2. The molecule has 2 N–H and O–H groups in total. The second-order valence-corrected chi connectivity index (χ2v) is 8.00. The predicted molar refractivity (Wildman–Crippen MR) is 82.2 cm³/mol. The smallest absolute Gasteiger partial charge is 0.175 e. The van der Waals surface area contributed by atoms with E-state index < -0.39 is 9.84 Å². The van der Waals surface area contributed by atoms with Crippen LogP contribution in [0.15, 0.2) is 29.2 Å². The van der Waals surface area contributed by atoms with E-state index in [2.05, 4.69) is 6.92 Å². The van der Waals surface area contributed by atoms with E-state index in [4.69, 9.17) is 5.73 Å². The summed E-state index contributed by atoms with van der Waals surface area (Å²) in [6, 6.07) is 7.10. The second-order valence-electron chi connectivity index (χ2n) is 5.99. The van der Waals surface area contributed by atoms with Gasteiger partial charge in [-0.3, -0.25) is 0 Å². The van der Waals surface area contributed by atoms with Gasteiger partial charge in [0.25, 0.3) is 0 Å². The zero-order chi connectivity index (χ0) is 14.8. The molecule has 4 heteroatoms. The van der Waals surface area contributed by atoms with Crippen molar-refractivity contribution in [2.24, 2.45) is 17.6 Å². The van der Waals surface area contributed by atoms with Gasteiger partial charge in [-0.1, -0.05) is 44.7 Å². The fraction of sp³-hybridized carbons (Fsp3) is 0.625. The lowest BCUT2D eigenvalue weighted by Crippen LogP contribution is -2.30. The fourth-order valence-corrected chi connectivity index (χ4v) is 4.09. The number of nitrogens with two attached hydrogens (primary N) is 1. The standard InChI is InChI=1S/C16H25NO2S/c1-3-12-7-4-5-10-15(12)16(17)13-8-6-9-14(11-13)20(2,18)19/h6,8-9,11-12,15-16H,3-5,7,10,17H2,1-2H3. The number of hydrogen-bond acceptors (Lipinski definition) is 3. The molecular weight excluding hydrogens is 270 g/mol. The molecule has 3 atom stereocenters. The van der Waals surface area contributed by atoms with Crippen LogP contribution in [0, 0.1) is 11.8 Å². The third-order valence-electron chi connectivity index (χ3n) is 4.62. The molecule has 112 valence electrons. The number of sulfone groups is 1. The van der Waals surface area contributed by atoms with Crippen LogP contribution >= 0.6 is 0 Å². The van der Waals surface area contributed by atoms with Crippen LogP contribution < -0.4 is 5.73 Å². The molecule has 1 saturated carbocycles. The average molecular weight is 295 g/mol. The van der Waals surface area contributed by atoms with Gasteiger partial charge in [0, 0.05) is 12.3 Å². The summed E-state index contributed by atoms with van der Waals surface area (Å²) in [5.41, 5.74) is 7.41. The Morgan fingerprint density at radius 2 is 2.00 bits per heavy atom. The molecule has 0 aliphatic heterocycles. The lowest BCUT2D eigenvalue weighted by Gasteiger charge is -2.35. The van der Waals surface area contributed by atoms with Crippen LogP contribution in [0.2, 0.25) is 0 Å². The Hall–Kier alpha value is -0.870. The van der Waals surface area contributed by atoms with Crippen molar-refractivity contribution in [1.82, 2.24) is 0 Å². The molecule has 0 radical (unpaired) electrons. The van der Waals surface area contributed by atoms with E-state index in [0.717, 1.165) is 18.4 Å². The van der Waals surface area contributed by atoms with Gasteiger partial charge in [-0.25, -0.2) is 8.42 Å². The Balaban J connectivity index is 2.26. The first-order valence-electron chi connectivity index (χ1n) is 7.49. The SMILES string of the molecule is CCC1CCCCC1C(N)c1cccc(S(C)(=O)=O)c1. The lowest BCUT2D eigenvalue weighted by molar-refractivity contribution is 0.196. The largest absolute Gasteiger partial charge is 0.324 e. The summed E-state index contributed by atoms with van der Waals surface area (Å²) < 4.78 is 23.3. The summed E-state index contributed by atoms with van der Waals surface area (Å²) >= 11 is 0. The number of rotatable bonds is 4. The number of hydrogen-bond donors (Lipinski definition) is 1. The van der Waals surface area contributed by atoms with Crippen molar-refractivity contribution in [3.63, 3.8) is 0 Å². The monoisotopic (exact) mass is 295 g/mol. The quantitative estimate of drug-likeness (QED) is 0.927. The van der Waals surface area contributed by atoms with E-state index in [9.17, 15) is 8.42 Å². The van der Waals surface area contributed by atoms with Gasteiger partial charge < -0.3 is 5.73 Å². The third kappa shape index (κ3) is 3.41. The summed E-state index contributed by atoms with van der Waals surface area (Å²) in [6.07, 6.45) is 7.34. The Morgan fingerprint density at radius 1 is 1.30 bits per heavy atom. The average Bonchev–Trinajstić information content (AvgIpc) is 2.45. The van der Waals surface area contributed by atoms with Crippen LogP contribution in [-0.4, -0.2) is 14.7 Å². The van der Waals surface area contributed by atoms with Gasteiger partial charge in [0.1, 0.15) is 0 Å². The molecule has 0 amide bonds. The van der Waals surface area contributed by atoms with Crippen molar-refractivity contribution < 1.29 is 8.42 Å². The minimum atomic E-state index is -3.16. The topological polar surface area (TPSA) is 60.2 Å². The van der Waals surface area contributed by atoms with Crippen LogP contribution in [0.5, 0.6) is 0 Å². The third-order valence-corrected chi connectivity index (χ3v) is 5.73. The van der Waals surface area contributed by atoms with Gasteiger partial charge in [-0.15, -0.1) is 0 Å². The van der Waals surface area contributed by atoms with E-state index in [0.29, 0.717) is 16.7 Å². The molecule has 20 heavy (non-hydrogen) atoms. The molecular formula is C16H25NO2S. The van der Waals surface area contributed by atoms with Crippen molar-refractivity contribution in [2.45, 2.75) is 50.0 Å². The lowest BCUT2D eigenvalue weighted by atomic mass is 9.73. The van der Waals surface area contributed by atoms with Crippen LogP contribution in [-0.2, 0) is 9.84 Å². The molecule has 3 unspecified atom stereocenters. The van der Waals surface area contributed by atoms with Crippen LogP contribution in [0.4, 0.5) is 0 Å². The molecule has 1 aliphatic carbocycles. The Labute approximate surface area is 122 Å². The van der Waals surface area contributed by atoms with Gasteiger partial charge in [0.15, 0.2) is 9.84 Å². The second kappa shape index (κ2) is 6.27. The first-order valence-corrected chi connectivity index (χ1v) is 9.38. The molecule has 1 fully saturated rings. The summed E-state index contributed by atoms with van der Waals surface area (Å²) in [6.45, 7) is 2.22. The predicted octanol–water partition coefficient (Wildman–Crippen LogP) is 3.31. The molecule has 0 bridgehead atoms. The van der Waals surface area contributed by atoms with Gasteiger partial charge in [0.2, 0.25) is 0 Å². The number of benzene rings is 1. The van der Waals surface area contributed by atoms with E-state index >= 15 is 0 Å². The summed E-state index contributed by atoms with van der Waals surface area (Å²) in [5.74, 6) is 1.14. The highest BCUT2D eigenvalue weighted by Gasteiger charge is 2.29. The van der Waals surface area contributed by atoms with Crippen LogP contribution in [0.25, 0.3) is 0 Å². The fourth-order valence-electron chi connectivity index (χ4n) is 3.42. The minimum Gasteiger partial charge on any atom is -0.324 e. The van der Waals surface area contributed by atoms with Gasteiger partial charge in [0.05, 0.1) is 4.90 Å². The van der Waals surface area contributed by atoms with Crippen LogP contribution in [0.1, 0.15) is 50.6 Å². The Kier molecular flexibility index (Phi) is 4.86. The molecule has 0 spiro atoms. The summed E-state index contributed by atoms with van der Waals surface area (Å²) in [5, 5.41) is 0. The minimum absolute atomic E-state index is 0.0538. The van der Waals surface area contributed by atoms with Crippen molar-refractivity contribution in [3.8, 4) is 0 Å². The van der Waals surface area contributed by atoms with E-state index in [1.54, 1.807) is 18.2 Å². The van der Waals surface area contributed by atoms with Crippen molar-refractivity contribution >= 4 is 9.84 Å². The van der Waals surface area contributed by atoms with Gasteiger partial charge >= 0.3 is 0 Å². The van der Waals surface area contributed by atoms with E-state index in [1.807, 2.05) is 6.07 Å². The zero-order valence-electron chi connectivity index (χ0n) is 12.4. The highest BCUT2D eigenvalue weighted by Crippen LogP contribution is 2.39. The highest BCUT2D eigenvalue weighted by atomic mass is 32.2. The van der Waals surface area contributed by atoms with E-state index in [-0.39, 0.29) is 6.04 Å². The first kappa shape index (κ1) is 15.5. The molecule has 3 nitrogen and oxygen atoms in total. The maximum Gasteiger partial charge on any atom is 0.175 e. The molecule has 2 rings (SSSR count).